The van der Waals surface area contributed by atoms with Crippen LogP contribution >= 0.6 is 0 Å². The first kappa shape index (κ1) is 17.8. The maximum absolute atomic E-state index is 11.9. The Hall–Kier alpha value is -2.24. The molecule has 122 valence electrons. The molecule has 0 saturated heterocycles. The van der Waals surface area contributed by atoms with E-state index in [0.717, 1.165) is 0 Å². The molecule has 0 spiro atoms. The molecule has 0 aliphatic rings. The number of carbonyl (C=O) groups excluding carboxylic acids is 1. The Bertz CT molecular complexity index is 572. The summed E-state index contributed by atoms with van der Waals surface area (Å²) in [6.45, 7) is 8.38. The molecule has 6 nitrogen and oxygen atoms in total. The van der Waals surface area contributed by atoms with Crippen LogP contribution in [-0.4, -0.2) is 29.9 Å². The molecule has 0 bridgehead atoms. The van der Waals surface area contributed by atoms with E-state index in [4.69, 9.17) is 9.47 Å². The lowest BCUT2D eigenvalue weighted by Gasteiger charge is -2.25. The summed E-state index contributed by atoms with van der Waals surface area (Å²) in [5, 5.41) is 12.0. The monoisotopic (exact) mass is 309 g/mol. The number of aliphatic carboxylic acids is 1. The number of rotatable bonds is 4. The third-order valence-electron chi connectivity index (χ3n) is 3.07. The van der Waals surface area contributed by atoms with Crippen molar-refractivity contribution in [2.24, 2.45) is 0 Å². The van der Waals surface area contributed by atoms with Gasteiger partial charge in [0.25, 0.3) is 0 Å². The number of carboxylic acids is 1. The first-order chi connectivity index (χ1) is 9.97. The highest BCUT2D eigenvalue weighted by atomic mass is 16.6. The van der Waals surface area contributed by atoms with Crippen LogP contribution in [0.2, 0.25) is 0 Å². The van der Waals surface area contributed by atoms with Gasteiger partial charge in [-0.15, -0.1) is 0 Å². The fraction of sp³-hybridized carbons (Fsp3) is 0.500. The summed E-state index contributed by atoms with van der Waals surface area (Å²) in [6.07, 6.45) is -0.639. The van der Waals surface area contributed by atoms with E-state index >= 15 is 0 Å². The van der Waals surface area contributed by atoms with Crippen molar-refractivity contribution in [1.82, 2.24) is 0 Å². The molecule has 0 aliphatic carbocycles. The summed E-state index contributed by atoms with van der Waals surface area (Å²) in [5.74, 6) is -0.493. The lowest BCUT2D eigenvalue weighted by Crippen LogP contribution is -2.32. The quantitative estimate of drug-likeness (QED) is 0.890. The molecule has 22 heavy (non-hydrogen) atoms. The van der Waals surface area contributed by atoms with E-state index in [1.54, 1.807) is 52.8 Å². The zero-order valence-corrected chi connectivity index (χ0v) is 13.8. The van der Waals surface area contributed by atoms with E-state index in [2.05, 4.69) is 5.32 Å². The minimum absolute atomic E-state index is 0.377. The smallest absolute Gasteiger partial charge is 0.412 e. The summed E-state index contributed by atoms with van der Waals surface area (Å²) in [6, 6.07) is 4.84. The third-order valence-corrected chi connectivity index (χ3v) is 3.07. The number of carbonyl (C=O) groups is 2. The van der Waals surface area contributed by atoms with Crippen LogP contribution in [0.25, 0.3) is 0 Å². The van der Waals surface area contributed by atoms with E-state index < -0.39 is 23.1 Å². The van der Waals surface area contributed by atoms with Crippen LogP contribution in [0.4, 0.5) is 10.5 Å². The number of hydrogen-bond donors (Lipinski definition) is 2. The molecule has 1 aromatic carbocycles. The van der Waals surface area contributed by atoms with Gasteiger partial charge in [-0.2, -0.15) is 0 Å². The van der Waals surface area contributed by atoms with Crippen molar-refractivity contribution in [1.29, 1.82) is 0 Å². The Kier molecular flexibility index (Phi) is 5.06. The van der Waals surface area contributed by atoms with E-state index in [1.165, 1.54) is 7.11 Å². The number of benzene rings is 1. The number of hydrogen-bond acceptors (Lipinski definition) is 4. The van der Waals surface area contributed by atoms with E-state index in [1.807, 2.05) is 0 Å². The van der Waals surface area contributed by atoms with Crippen LogP contribution < -0.4 is 10.1 Å². The highest BCUT2D eigenvalue weighted by Gasteiger charge is 2.33. The van der Waals surface area contributed by atoms with Crippen molar-refractivity contribution < 1.29 is 24.2 Å². The molecule has 2 N–H and O–H groups in total. The summed E-state index contributed by atoms with van der Waals surface area (Å²) in [7, 11) is 1.49. The maximum atomic E-state index is 11.9. The lowest BCUT2D eigenvalue weighted by atomic mass is 9.83. The van der Waals surface area contributed by atoms with Gasteiger partial charge in [0.1, 0.15) is 11.4 Å². The van der Waals surface area contributed by atoms with Gasteiger partial charge in [-0.05, 0) is 58.4 Å². The van der Waals surface area contributed by atoms with Crippen molar-refractivity contribution in [3.05, 3.63) is 23.8 Å². The average Bonchev–Trinajstić information content (AvgIpc) is 2.36. The molecule has 1 rings (SSSR count). The normalized spacial score (nSPS) is 11.7. The van der Waals surface area contributed by atoms with E-state index in [9.17, 15) is 14.7 Å². The SMILES string of the molecule is COc1ccc(NC(=O)OC(C)(C)C)c(C(C)(C)C(=O)O)c1. The summed E-state index contributed by atoms with van der Waals surface area (Å²) >= 11 is 0. The van der Waals surface area contributed by atoms with Gasteiger partial charge >= 0.3 is 12.1 Å². The molecular formula is C16H23NO5. The molecule has 0 aliphatic heterocycles. The lowest BCUT2D eigenvalue weighted by molar-refractivity contribution is -0.142. The van der Waals surface area contributed by atoms with Crippen molar-refractivity contribution in [3.63, 3.8) is 0 Å². The molecule has 1 aromatic rings. The first-order valence-corrected chi connectivity index (χ1v) is 6.89. The predicted octanol–water partition coefficient (Wildman–Crippen LogP) is 3.40. The largest absolute Gasteiger partial charge is 0.497 e. The Morgan fingerprint density at radius 2 is 1.73 bits per heavy atom. The second-order valence-corrected chi connectivity index (χ2v) is 6.47. The first-order valence-electron chi connectivity index (χ1n) is 6.89. The van der Waals surface area contributed by atoms with Gasteiger partial charge in [-0.25, -0.2) is 4.79 Å². The van der Waals surface area contributed by atoms with Crippen molar-refractivity contribution in [3.8, 4) is 5.75 Å². The fourth-order valence-corrected chi connectivity index (χ4v) is 1.81. The zero-order chi connectivity index (χ0) is 17.1. The topological polar surface area (TPSA) is 84.9 Å². The zero-order valence-electron chi connectivity index (χ0n) is 13.8. The van der Waals surface area contributed by atoms with Crippen LogP contribution in [0, 0.1) is 0 Å². The van der Waals surface area contributed by atoms with Crippen molar-refractivity contribution >= 4 is 17.7 Å². The number of anilines is 1. The van der Waals surface area contributed by atoms with Gasteiger partial charge in [0, 0.05) is 5.69 Å². The predicted molar refractivity (Wildman–Crippen MR) is 83.5 cm³/mol. The number of amides is 1. The van der Waals surface area contributed by atoms with Crippen LogP contribution in [0.15, 0.2) is 18.2 Å². The van der Waals surface area contributed by atoms with Crippen LogP contribution in [0.3, 0.4) is 0 Å². The van der Waals surface area contributed by atoms with Gasteiger partial charge < -0.3 is 14.6 Å². The highest BCUT2D eigenvalue weighted by Crippen LogP contribution is 2.33. The van der Waals surface area contributed by atoms with E-state index in [-0.39, 0.29) is 0 Å². The number of nitrogens with one attached hydrogen (secondary N) is 1. The van der Waals surface area contributed by atoms with Gasteiger partial charge in [0.05, 0.1) is 12.5 Å². The molecule has 0 heterocycles. The van der Waals surface area contributed by atoms with E-state index in [0.29, 0.717) is 17.0 Å². The molecule has 0 atom stereocenters. The molecule has 0 radical (unpaired) electrons. The standard InChI is InChI=1S/C16H23NO5/c1-15(2,3)22-14(20)17-12-8-7-10(21-6)9-11(12)16(4,5)13(18)19/h7-9H,1-6H3,(H,17,20)(H,18,19). The van der Waals surface area contributed by atoms with Crippen molar-refractivity contribution in [2.45, 2.75) is 45.6 Å². The molecule has 0 saturated carbocycles. The molecular weight excluding hydrogens is 286 g/mol. The minimum Gasteiger partial charge on any atom is -0.497 e. The third kappa shape index (κ3) is 4.38. The van der Waals surface area contributed by atoms with Crippen LogP contribution in [-0.2, 0) is 14.9 Å². The number of ether oxygens (including phenoxy) is 2. The minimum atomic E-state index is -1.20. The Morgan fingerprint density at radius 3 is 2.18 bits per heavy atom. The summed E-state index contributed by atoms with van der Waals surface area (Å²) < 4.78 is 10.3. The maximum Gasteiger partial charge on any atom is 0.412 e. The Morgan fingerprint density at radius 1 is 1.14 bits per heavy atom. The van der Waals surface area contributed by atoms with Gasteiger partial charge in [0.15, 0.2) is 0 Å². The van der Waals surface area contributed by atoms with Crippen molar-refractivity contribution in [2.75, 3.05) is 12.4 Å². The molecule has 6 heteroatoms. The molecule has 0 fully saturated rings. The molecule has 0 aromatic heterocycles. The van der Waals surface area contributed by atoms with Crippen LogP contribution in [0.1, 0.15) is 40.2 Å². The second kappa shape index (κ2) is 6.25. The summed E-state index contributed by atoms with van der Waals surface area (Å²) in [5.41, 5.74) is -1.02. The fourth-order valence-electron chi connectivity index (χ4n) is 1.81. The number of carboxylic acid groups (broad SMARTS) is 1. The Labute approximate surface area is 130 Å². The van der Waals surface area contributed by atoms with Crippen LogP contribution in [0.5, 0.6) is 5.75 Å². The number of methoxy groups -OCH3 is 1. The molecule has 1 amide bonds. The summed E-state index contributed by atoms with van der Waals surface area (Å²) in [4.78, 5) is 23.4. The molecule has 0 unspecified atom stereocenters. The highest BCUT2D eigenvalue weighted by molar-refractivity contribution is 5.90. The second-order valence-electron chi connectivity index (χ2n) is 6.47. The average molecular weight is 309 g/mol. The van der Waals surface area contributed by atoms with Gasteiger partial charge in [-0.3, -0.25) is 10.1 Å². The Balaban J connectivity index is 3.20. The van der Waals surface area contributed by atoms with Gasteiger partial charge in [0.2, 0.25) is 0 Å². The van der Waals surface area contributed by atoms with Gasteiger partial charge in [-0.1, -0.05) is 0 Å².